The van der Waals surface area contributed by atoms with Gasteiger partial charge in [-0.3, -0.25) is 4.79 Å². The highest BCUT2D eigenvalue weighted by atomic mass is 16.1. The molecule has 23 heavy (non-hydrogen) atoms. The lowest BCUT2D eigenvalue weighted by Crippen LogP contribution is -2.26. The van der Waals surface area contributed by atoms with Crippen molar-refractivity contribution in [1.29, 1.82) is 0 Å². The van der Waals surface area contributed by atoms with Gasteiger partial charge in [0.1, 0.15) is 12.7 Å². The van der Waals surface area contributed by atoms with Gasteiger partial charge < -0.3 is 5.32 Å². The Kier molecular flexibility index (Phi) is 3.85. The van der Waals surface area contributed by atoms with Crippen LogP contribution in [0.3, 0.4) is 0 Å². The number of hydrogen-bond acceptors (Lipinski definition) is 3. The molecule has 1 N–H and O–H groups in total. The maximum absolute atomic E-state index is 12.2. The van der Waals surface area contributed by atoms with E-state index >= 15 is 0 Å². The van der Waals surface area contributed by atoms with Crippen LogP contribution in [0.15, 0.2) is 36.9 Å². The second kappa shape index (κ2) is 6.14. The second-order valence-electron chi connectivity index (χ2n) is 6.92. The Labute approximate surface area is 136 Å². The maximum atomic E-state index is 12.2. The number of hydrogen-bond donors (Lipinski definition) is 1. The Bertz CT molecular complexity index is 665. The summed E-state index contributed by atoms with van der Waals surface area (Å²) in [5.74, 6) is 2.54. The summed E-state index contributed by atoms with van der Waals surface area (Å²) in [4.78, 5) is 16.1. The summed E-state index contributed by atoms with van der Waals surface area (Å²) in [7, 11) is 0. The van der Waals surface area contributed by atoms with Crippen LogP contribution in [0.25, 0.3) is 5.69 Å². The van der Waals surface area contributed by atoms with Crippen LogP contribution >= 0.6 is 0 Å². The van der Waals surface area contributed by atoms with E-state index in [0.717, 1.165) is 23.1 Å². The van der Waals surface area contributed by atoms with Crippen LogP contribution < -0.4 is 5.32 Å². The Morgan fingerprint density at radius 3 is 2.74 bits per heavy atom. The Hall–Kier alpha value is -2.17. The topological polar surface area (TPSA) is 59.8 Å². The Morgan fingerprint density at radius 2 is 2.09 bits per heavy atom. The average molecular weight is 310 g/mol. The molecule has 1 amide bonds. The predicted molar refractivity (Wildman–Crippen MR) is 86.8 cm³/mol. The first-order valence-electron chi connectivity index (χ1n) is 8.48. The largest absolute Gasteiger partial charge is 0.352 e. The monoisotopic (exact) mass is 310 g/mol. The number of rotatable bonds is 5. The molecule has 2 saturated carbocycles. The Balaban J connectivity index is 1.28. The molecule has 1 aromatic heterocycles. The molecule has 2 aromatic rings. The lowest BCUT2D eigenvalue weighted by Gasteiger charge is -2.20. The van der Waals surface area contributed by atoms with E-state index in [1.54, 1.807) is 11.0 Å². The standard InChI is InChI=1S/C18H22N4O/c23-18(9-16-8-14-1-4-15(16)7-14)20-10-13-2-5-17(6-3-13)22-12-19-11-21-22/h2-3,5-6,11-12,14-16H,1,4,7-10H2,(H,20,23). The SMILES string of the molecule is O=C(CC1CC2CCC1C2)NCc1ccc(-n2cncn2)cc1. The molecule has 3 atom stereocenters. The van der Waals surface area contributed by atoms with Gasteiger partial charge in [0.2, 0.25) is 5.91 Å². The molecule has 120 valence electrons. The molecule has 3 unspecified atom stereocenters. The smallest absolute Gasteiger partial charge is 0.220 e. The van der Waals surface area contributed by atoms with E-state index in [-0.39, 0.29) is 5.91 Å². The molecule has 0 saturated heterocycles. The first kappa shape index (κ1) is 14.4. The van der Waals surface area contributed by atoms with Crippen LogP contribution in [-0.2, 0) is 11.3 Å². The van der Waals surface area contributed by atoms with Gasteiger partial charge in [0, 0.05) is 13.0 Å². The summed E-state index contributed by atoms with van der Waals surface area (Å²) < 4.78 is 1.72. The molecule has 2 fully saturated rings. The zero-order valence-electron chi connectivity index (χ0n) is 13.2. The summed E-state index contributed by atoms with van der Waals surface area (Å²) in [5.41, 5.74) is 2.08. The predicted octanol–water partition coefficient (Wildman–Crippen LogP) is 2.71. The van der Waals surface area contributed by atoms with Crippen LogP contribution in [0.1, 0.15) is 37.7 Å². The normalized spacial score (nSPS) is 25.7. The second-order valence-corrected chi connectivity index (χ2v) is 6.92. The van der Waals surface area contributed by atoms with Crippen molar-refractivity contribution in [3.8, 4) is 5.69 Å². The molecule has 0 spiro atoms. The summed E-state index contributed by atoms with van der Waals surface area (Å²) in [5, 5.41) is 7.17. The third-order valence-corrected chi connectivity index (χ3v) is 5.44. The molecule has 5 nitrogen and oxygen atoms in total. The van der Waals surface area contributed by atoms with Gasteiger partial charge in [-0.15, -0.1) is 0 Å². The number of nitrogens with zero attached hydrogens (tertiary/aromatic N) is 3. The molecule has 2 aliphatic carbocycles. The van der Waals surface area contributed by atoms with Crippen molar-refractivity contribution in [3.05, 3.63) is 42.5 Å². The zero-order valence-corrected chi connectivity index (χ0v) is 13.2. The van der Waals surface area contributed by atoms with Crippen LogP contribution in [0.2, 0.25) is 0 Å². The minimum absolute atomic E-state index is 0.197. The van der Waals surface area contributed by atoms with Crippen molar-refractivity contribution in [1.82, 2.24) is 20.1 Å². The van der Waals surface area contributed by atoms with Crippen molar-refractivity contribution >= 4 is 5.91 Å². The first-order chi connectivity index (χ1) is 11.3. The van der Waals surface area contributed by atoms with Gasteiger partial charge in [-0.05, 0) is 54.7 Å². The highest BCUT2D eigenvalue weighted by Crippen LogP contribution is 2.49. The van der Waals surface area contributed by atoms with Crippen molar-refractivity contribution < 1.29 is 4.79 Å². The third kappa shape index (κ3) is 3.14. The molecule has 2 aliphatic rings. The number of nitrogens with one attached hydrogen (secondary N) is 1. The lowest BCUT2D eigenvalue weighted by atomic mass is 9.86. The van der Waals surface area contributed by atoms with E-state index in [1.807, 2.05) is 24.3 Å². The van der Waals surface area contributed by atoms with Gasteiger partial charge in [-0.1, -0.05) is 18.6 Å². The van der Waals surface area contributed by atoms with Gasteiger partial charge in [-0.2, -0.15) is 5.10 Å². The number of benzene rings is 1. The van der Waals surface area contributed by atoms with E-state index in [1.165, 1.54) is 32.0 Å². The number of fused-ring (bicyclic) bond motifs is 2. The molecule has 1 heterocycles. The molecule has 4 rings (SSSR count). The summed E-state index contributed by atoms with van der Waals surface area (Å²) in [6.07, 6.45) is 9.26. The molecule has 0 aliphatic heterocycles. The number of amides is 1. The quantitative estimate of drug-likeness (QED) is 0.923. The lowest BCUT2D eigenvalue weighted by molar-refractivity contribution is -0.122. The fourth-order valence-corrected chi connectivity index (χ4v) is 4.25. The highest BCUT2D eigenvalue weighted by Gasteiger charge is 2.39. The van der Waals surface area contributed by atoms with Crippen molar-refractivity contribution in [2.75, 3.05) is 0 Å². The Morgan fingerprint density at radius 1 is 1.22 bits per heavy atom. The van der Waals surface area contributed by atoms with Crippen LogP contribution in [-0.4, -0.2) is 20.7 Å². The van der Waals surface area contributed by atoms with Crippen molar-refractivity contribution in [2.24, 2.45) is 17.8 Å². The summed E-state index contributed by atoms with van der Waals surface area (Å²) in [6.45, 7) is 0.595. The summed E-state index contributed by atoms with van der Waals surface area (Å²) >= 11 is 0. The first-order valence-corrected chi connectivity index (χ1v) is 8.48. The zero-order chi connectivity index (χ0) is 15.6. The molecule has 0 radical (unpaired) electrons. The molecular formula is C18H22N4O. The minimum Gasteiger partial charge on any atom is -0.352 e. The summed E-state index contributed by atoms with van der Waals surface area (Å²) in [6, 6.07) is 8.03. The van der Waals surface area contributed by atoms with Gasteiger partial charge in [0.15, 0.2) is 0 Å². The van der Waals surface area contributed by atoms with Crippen LogP contribution in [0.5, 0.6) is 0 Å². The van der Waals surface area contributed by atoms with Gasteiger partial charge in [0.25, 0.3) is 0 Å². The highest BCUT2D eigenvalue weighted by molar-refractivity contribution is 5.76. The van der Waals surface area contributed by atoms with Crippen molar-refractivity contribution in [3.63, 3.8) is 0 Å². The van der Waals surface area contributed by atoms with Gasteiger partial charge in [0.05, 0.1) is 5.69 Å². The number of carbonyl (C=O) groups excluding carboxylic acids is 1. The number of carbonyl (C=O) groups is 1. The van der Waals surface area contributed by atoms with Crippen LogP contribution in [0, 0.1) is 17.8 Å². The van der Waals surface area contributed by atoms with E-state index in [4.69, 9.17) is 0 Å². The fraction of sp³-hybridized carbons (Fsp3) is 0.500. The van der Waals surface area contributed by atoms with E-state index in [9.17, 15) is 4.79 Å². The molecular weight excluding hydrogens is 288 g/mol. The molecule has 2 bridgehead atoms. The van der Waals surface area contributed by atoms with E-state index < -0.39 is 0 Å². The van der Waals surface area contributed by atoms with Gasteiger partial charge in [-0.25, -0.2) is 9.67 Å². The van der Waals surface area contributed by atoms with Crippen LogP contribution in [0.4, 0.5) is 0 Å². The van der Waals surface area contributed by atoms with Crippen molar-refractivity contribution in [2.45, 2.75) is 38.6 Å². The van der Waals surface area contributed by atoms with Gasteiger partial charge >= 0.3 is 0 Å². The number of aromatic nitrogens is 3. The third-order valence-electron chi connectivity index (χ3n) is 5.44. The minimum atomic E-state index is 0.197. The molecule has 5 heteroatoms. The average Bonchev–Trinajstić information content (AvgIpc) is 3.31. The molecule has 1 aromatic carbocycles. The maximum Gasteiger partial charge on any atom is 0.220 e. The van der Waals surface area contributed by atoms with E-state index in [0.29, 0.717) is 18.9 Å². The van der Waals surface area contributed by atoms with E-state index in [2.05, 4.69) is 15.4 Å². The fourth-order valence-electron chi connectivity index (χ4n) is 4.25.